The molecule has 2 aromatic rings. The fraction of sp³-hybridized carbons (Fsp3) is 0. The van der Waals surface area contributed by atoms with Gasteiger partial charge in [-0.2, -0.15) is 0 Å². The van der Waals surface area contributed by atoms with Crippen LogP contribution in [0.2, 0.25) is 0 Å². The van der Waals surface area contributed by atoms with E-state index in [-0.39, 0.29) is 0 Å². The molecule has 0 aliphatic heterocycles. The van der Waals surface area contributed by atoms with E-state index in [0.717, 1.165) is 17.2 Å². The summed E-state index contributed by atoms with van der Waals surface area (Å²) in [5, 5.41) is 3.62. The van der Waals surface area contributed by atoms with Gasteiger partial charge in [0, 0.05) is 10.9 Å². The Balaban J connectivity index is 2.69. The van der Waals surface area contributed by atoms with Gasteiger partial charge < -0.3 is 4.98 Å². The lowest BCUT2D eigenvalue weighted by molar-refractivity contribution is 0.112. The predicted octanol–water partition coefficient (Wildman–Crippen LogP) is 2.38. The smallest absolute Gasteiger partial charge is 0.166 e. The molecule has 13 heavy (non-hydrogen) atoms. The molecular weight excluding hydrogens is 168 g/mol. The van der Waals surface area contributed by atoms with Crippen molar-refractivity contribution >= 4 is 22.9 Å². The fourth-order valence-corrected chi connectivity index (χ4v) is 1.26. The topological polar surface area (TPSA) is 62.3 Å². The SMILES string of the molecule is O=Cc1cc2cc(N=O)ccc2[nH]1. The maximum atomic E-state index is 10.4. The summed E-state index contributed by atoms with van der Waals surface area (Å²) >= 11 is 0. The monoisotopic (exact) mass is 174 g/mol. The molecule has 0 aliphatic carbocycles. The van der Waals surface area contributed by atoms with E-state index in [2.05, 4.69) is 10.2 Å². The molecule has 1 aromatic heterocycles. The van der Waals surface area contributed by atoms with Crippen molar-refractivity contribution in [1.29, 1.82) is 0 Å². The normalized spacial score (nSPS) is 10.2. The maximum absolute atomic E-state index is 10.4. The van der Waals surface area contributed by atoms with E-state index in [9.17, 15) is 9.70 Å². The number of fused-ring (bicyclic) bond motifs is 1. The van der Waals surface area contributed by atoms with Gasteiger partial charge in [-0.25, -0.2) is 0 Å². The molecule has 2 rings (SSSR count). The summed E-state index contributed by atoms with van der Waals surface area (Å²) in [7, 11) is 0. The van der Waals surface area contributed by atoms with Gasteiger partial charge in [-0.1, -0.05) is 0 Å². The molecule has 1 N–H and O–H groups in total. The van der Waals surface area contributed by atoms with Crippen LogP contribution in [0.4, 0.5) is 5.69 Å². The molecule has 0 saturated carbocycles. The second kappa shape index (κ2) is 2.82. The minimum absolute atomic E-state index is 0.365. The molecule has 0 atom stereocenters. The fourth-order valence-electron chi connectivity index (χ4n) is 1.26. The number of hydrogen-bond donors (Lipinski definition) is 1. The largest absolute Gasteiger partial charge is 0.352 e. The first-order valence-electron chi connectivity index (χ1n) is 3.75. The summed E-state index contributed by atoms with van der Waals surface area (Å²) in [4.78, 5) is 23.5. The average molecular weight is 174 g/mol. The highest BCUT2D eigenvalue weighted by atomic mass is 16.3. The van der Waals surface area contributed by atoms with Gasteiger partial charge in [0.05, 0.1) is 5.69 Å². The third kappa shape index (κ3) is 1.22. The third-order valence-corrected chi connectivity index (χ3v) is 1.86. The van der Waals surface area contributed by atoms with Crippen LogP contribution in [0.3, 0.4) is 0 Å². The van der Waals surface area contributed by atoms with E-state index in [0.29, 0.717) is 11.4 Å². The second-order valence-corrected chi connectivity index (χ2v) is 2.71. The molecule has 4 heteroatoms. The number of benzene rings is 1. The van der Waals surface area contributed by atoms with Crippen LogP contribution in [-0.4, -0.2) is 11.3 Å². The lowest BCUT2D eigenvalue weighted by atomic mass is 10.2. The first-order chi connectivity index (χ1) is 6.33. The Morgan fingerprint density at radius 2 is 2.15 bits per heavy atom. The van der Waals surface area contributed by atoms with Crippen LogP contribution >= 0.6 is 0 Å². The Bertz CT molecular complexity index is 467. The molecule has 1 aromatic carbocycles. The van der Waals surface area contributed by atoms with Gasteiger partial charge in [-0.3, -0.25) is 4.79 Å². The molecular formula is C9H6N2O2. The van der Waals surface area contributed by atoms with Gasteiger partial charge in [0.1, 0.15) is 5.69 Å². The molecule has 0 unspecified atom stereocenters. The number of H-pyrrole nitrogens is 1. The number of nitrogens with zero attached hydrogens (tertiary/aromatic N) is 1. The van der Waals surface area contributed by atoms with Crippen molar-refractivity contribution in [3.05, 3.63) is 34.9 Å². The van der Waals surface area contributed by atoms with E-state index in [4.69, 9.17) is 0 Å². The van der Waals surface area contributed by atoms with Crippen LogP contribution in [0, 0.1) is 4.91 Å². The van der Waals surface area contributed by atoms with E-state index < -0.39 is 0 Å². The number of hydrogen-bond acceptors (Lipinski definition) is 3. The molecule has 0 aliphatic rings. The van der Waals surface area contributed by atoms with E-state index in [1.165, 1.54) is 0 Å². The number of carbonyl (C=O) groups is 1. The zero-order valence-electron chi connectivity index (χ0n) is 6.65. The second-order valence-electron chi connectivity index (χ2n) is 2.71. The first-order valence-corrected chi connectivity index (χ1v) is 3.75. The van der Waals surface area contributed by atoms with Gasteiger partial charge in [0.25, 0.3) is 0 Å². The van der Waals surface area contributed by atoms with Crippen molar-refractivity contribution in [3.63, 3.8) is 0 Å². The highest BCUT2D eigenvalue weighted by Gasteiger charge is 2.00. The number of aromatic amines is 1. The summed E-state index contributed by atoms with van der Waals surface area (Å²) in [6.45, 7) is 0. The molecule has 0 amide bonds. The molecule has 0 radical (unpaired) electrons. The molecule has 0 bridgehead atoms. The lowest BCUT2D eigenvalue weighted by Crippen LogP contribution is -1.74. The molecule has 0 spiro atoms. The number of nitroso groups, excluding NO2 is 1. The first kappa shape index (κ1) is 7.67. The van der Waals surface area contributed by atoms with Crippen molar-refractivity contribution in [3.8, 4) is 0 Å². The standard InChI is InChI=1S/C9H6N2O2/c12-5-8-4-6-3-7(11-13)1-2-9(6)10-8/h1-5,10H. The minimum atomic E-state index is 0.365. The van der Waals surface area contributed by atoms with Crippen LogP contribution in [-0.2, 0) is 0 Å². The van der Waals surface area contributed by atoms with E-state index in [1.807, 2.05) is 0 Å². The average Bonchev–Trinajstić information content (AvgIpc) is 2.58. The Hall–Kier alpha value is -1.97. The number of carbonyl (C=O) groups excluding carboxylic acids is 1. The molecule has 1 heterocycles. The van der Waals surface area contributed by atoms with Gasteiger partial charge >= 0.3 is 0 Å². The number of rotatable bonds is 2. The van der Waals surface area contributed by atoms with Crippen molar-refractivity contribution < 1.29 is 4.79 Å². The van der Waals surface area contributed by atoms with Crippen molar-refractivity contribution in [2.45, 2.75) is 0 Å². The highest BCUT2D eigenvalue weighted by Crippen LogP contribution is 2.20. The zero-order valence-corrected chi connectivity index (χ0v) is 6.65. The summed E-state index contributed by atoms with van der Waals surface area (Å²) in [5.41, 5.74) is 1.69. The highest BCUT2D eigenvalue weighted by molar-refractivity contribution is 5.89. The van der Waals surface area contributed by atoms with Crippen molar-refractivity contribution in [2.75, 3.05) is 0 Å². The Labute approximate surface area is 73.5 Å². The van der Waals surface area contributed by atoms with Crippen LogP contribution in [0.5, 0.6) is 0 Å². The van der Waals surface area contributed by atoms with Crippen molar-refractivity contribution in [2.24, 2.45) is 5.18 Å². The summed E-state index contributed by atoms with van der Waals surface area (Å²) in [5.74, 6) is 0. The predicted molar refractivity (Wildman–Crippen MR) is 49.1 cm³/mol. The Morgan fingerprint density at radius 1 is 1.31 bits per heavy atom. The van der Waals surface area contributed by atoms with Crippen LogP contribution < -0.4 is 0 Å². The third-order valence-electron chi connectivity index (χ3n) is 1.86. The van der Waals surface area contributed by atoms with Gasteiger partial charge in [0.2, 0.25) is 0 Å². The molecule has 0 fully saturated rings. The molecule has 64 valence electrons. The van der Waals surface area contributed by atoms with Crippen molar-refractivity contribution in [1.82, 2.24) is 4.98 Å². The summed E-state index contributed by atoms with van der Waals surface area (Å²) < 4.78 is 0. The van der Waals surface area contributed by atoms with Crippen LogP contribution in [0.15, 0.2) is 29.4 Å². The summed E-state index contributed by atoms with van der Waals surface area (Å²) in [6.07, 6.45) is 0.730. The van der Waals surface area contributed by atoms with E-state index in [1.54, 1.807) is 24.3 Å². The van der Waals surface area contributed by atoms with Gasteiger partial charge in [-0.05, 0) is 29.4 Å². The summed E-state index contributed by atoms with van der Waals surface area (Å²) in [6, 6.07) is 6.63. The Morgan fingerprint density at radius 3 is 2.85 bits per heavy atom. The van der Waals surface area contributed by atoms with Gasteiger partial charge in [0.15, 0.2) is 6.29 Å². The number of nitrogens with one attached hydrogen (secondary N) is 1. The zero-order chi connectivity index (χ0) is 9.26. The van der Waals surface area contributed by atoms with E-state index >= 15 is 0 Å². The number of aromatic nitrogens is 1. The van der Waals surface area contributed by atoms with Crippen LogP contribution in [0.25, 0.3) is 10.9 Å². The quantitative estimate of drug-likeness (QED) is 0.561. The number of aldehydes is 1. The van der Waals surface area contributed by atoms with Crippen LogP contribution in [0.1, 0.15) is 10.5 Å². The Kier molecular flexibility index (Phi) is 1.66. The molecule has 0 saturated heterocycles. The van der Waals surface area contributed by atoms with Gasteiger partial charge in [-0.15, -0.1) is 4.91 Å². The maximum Gasteiger partial charge on any atom is 0.166 e. The minimum Gasteiger partial charge on any atom is -0.352 e. The molecule has 4 nitrogen and oxygen atoms in total. The lowest BCUT2D eigenvalue weighted by Gasteiger charge is -1.88.